The number of nitrogens with one attached hydrogen (secondary N) is 1. The fraction of sp³-hybridized carbons (Fsp3) is 0.538. The lowest BCUT2D eigenvalue weighted by Gasteiger charge is -2.33. The van der Waals surface area contributed by atoms with Crippen molar-refractivity contribution in [2.24, 2.45) is 0 Å². The van der Waals surface area contributed by atoms with Gasteiger partial charge in [0.1, 0.15) is 5.69 Å². The third-order valence-electron chi connectivity index (χ3n) is 3.82. The summed E-state index contributed by atoms with van der Waals surface area (Å²) in [7, 11) is 0. The summed E-state index contributed by atoms with van der Waals surface area (Å²) in [4.78, 5) is 12.7. The molecular formula is C13H17N5O. The van der Waals surface area contributed by atoms with E-state index in [0.29, 0.717) is 17.4 Å². The van der Waals surface area contributed by atoms with Crippen LogP contribution in [0.3, 0.4) is 0 Å². The molecule has 1 aliphatic heterocycles. The van der Waals surface area contributed by atoms with E-state index >= 15 is 0 Å². The molecule has 100 valence electrons. The monoisotopic (exact) mass is 259 g/mol. The van der Waals surface area contributed by atoms with Crippen molar-refractivity contribution in [3.05, 3.63) is 24.5 Å². The van der Waals surface area contributed by atoms with Gasteiger partial charge < -0.3 is 9.84 Å². The highest BCUT2D eigenvalue weighted by molar-refractivity contribution is 5.45. The summed E-state index contributed by atoms with van der Waals surface area (Å²) in [6.45, 7) is 4.12. The second kappa shape index (κ2) is 5.05. The zero-order chi connectivity index (χ0) is 13.1. The number of aromatic nitrogens is 4. The van der Waals surface area contributed by atoms with Crippen molar-refractivity contribution >= 4 is 0 Å². The summed E-state index contributed by atoms with van der Waals surface area (Å²) in [5.74, 6) is 1.23. The van der Waals surface area contributed by atoms with Crippen LogP contribution >= 0.6 is 0 Å². The van der Waals surface area contributed by atoms with Crippen molar-refractivity contribution in [3.8, 4) is 11.5 Å². The molecule has 3 rings (SSSR count). The van der Waals surface area contributed by atoms with Crippen LogP contribution in [0.2, 0.25) is 0 Å². The molecule has 0 amide bonds. The quantitative estimate of drug-likeness (QED) is 0.901. The molecule has 1 unspecified atom stereocenters. The Kier molecular flexibility index (Phi) is 3.25. The smallest absolute Gasteiger partial charge is 0.234 e. The molecule has 6 nitrogen and oxygen atoms in total. The Labute approximate surface area is 111 Å². The van der Waals surface area contributed by atoms with Crippen LogP contribution in [-0.2, 0) is 5.41 Å². The second-order valence-corrected chi connectivity index (χ2v) is 4.93. The molecule has 0 saturated carbocycles. The third kappa shape index (κ3) is 2.23. The van der Waals surface area contributed by atoms with Gasteiger partial charge in [0, 0.05) is 18.9 Å². The van der Waals surface area contributed by atoms with E-state index in [-0.39, 0.29) is 5.41 Å². The molecule has 2 aromatic rings. The summed E-state index contributed by atoms with van der Waals surface area (Å²) in [6, 6.07) is 0. The van der Waals surface area contributed by atoms with Gasteiger partial charge in [-0.15, -0.1) is 0 Å². The topological polar surface area (TPSA) is 76.7 Å². The SMILES string of the molecule is CCC1(c2nc(-c3cnccn3)no2)CCCNC1. The molecule has 0 radical (unpaired) electrons. The van der Waals surface area contributed by atoms with E-state index in [0.717, 1.165) is 32.4 Å². The molecule has 2 aromatic heterocycles. The van der Waals surface area contributed by atoms with E-state index in [9.17, 15) is 0 Å². The van der Waals surface area contributed by atoms with E-state index in [4.69, 9.17) is 4.52 Å². The molecule has 19 heavy (non-hydrogen) atoms. The Hall–Kier alpha value is -1.82. The van der Waals surface area contributed by atoms with Crippen molar-refractivity contribution in [3.63, 3.8) is 0 Å². The lowest BCUT2D eigenvalue weighted by molar-refractivity contribution is 0.221. The molecule has 0 bridgehead atoms. The van der Waals surface area contributed by atoms with Gasteiger partial charge in [0.2, 0.25) is 11.7 Å². The first-order valence-corrected chi connectivity index (χ1v) is 6.65. The Morgan fingerprint density at radius 1 is 1.42 bits per heavy atom. The molecule has 0 aliphatic carbocycles. The highest BCUT2D eigenvalue weighted by atomic mass is 16.5. The number of hydrogen-bond acceptors (Lipinski definition) is 6. The van der Waals surface area contributed by atoms with E-state index in [1.807, 2.05) is 0 Å². The first-order chi connectivity index (χ1) is 9.34. The minimum atomic E-state index is -0.0360. The fourth-order valence-corrected chi connectivity index (χ4v) is 2.56. The lowest BCUT2D eigenvalue weighted by atomic mass is 9.78. The van der Waals surface area contributed by atoms with Crippen LogP contribution in [-0.4, -0.2) is 33.2 Å². The van der Waals surface area contributed by atoms with E-state index in [1.54, 1.807) is 18.6 Å². The van der Waals surface area contributed by atoms with Gasteiger partial charge in [0.25, 0.3) is 0 Å². The fourth-order valence-electron chi connectivity index (χ4n) is 2.56. The Morgan fingerprint density at radius 2 is 2.37 bits per heavy atom. The number of piperidine rings is 1. The normalized spacial score (nSPS) is 23.4. The Morgan fingerprint density at radius 3 is 3.05 bits per heavy atom. The highest BCUT2D eigenvalue weighted by Gasteiger charge is 2.37. The van der Waals surface area contributed by atoms with Crippen LogP contribution in [0.5, 0.6) is 0 Å². The standard InChI is InChI=1S/C13H17N5O/c1-2-13(4-3-5-15-9-13)12-17-11(18-19-12)10-8-14-6-7-16-10/h6-8,15H,2-5,9H2,1H3. The van der Waals surface area contributed by atoms with Crippen LogP contribution in [0.15, 0.2) is 23.1 Å². The summed E-state index contributed by atoms with van der Waals surface area (Å²) < 4.78 is 5.48. The molecule has 1 fully saturated rings. The van der Waals surface area contributed by atoms with Crippen molar-refractivity contribution < 1.29 is 4.52 Å². The summed E-state index contributed by atoms with van der Waals surface area (Å²) in [6.07, 6.45) is 8.11. The van der Waals surface area contributed by atoms with Gasteiger partial charge in [-0.25, -0.2) is 4.98 Å². The number of rotatable bonds is 3. The van der Waals surface area contributed by atoms with Gasteiger partial charge in [-0.2, -0.15) is 4.98 Å². The molecule has 6 heteroatoms. The predicted molar refractivity (Wildman–Crippen MR) is 69.4 cm³/mol. The molecule has 1 N–H and O–H groups in total. The molecule has 3 heterocycles. The van der Waals surface area contributed by atoms with Gasteiger partial charge in [-0.05, 0) is 25.8 Å². The van der Waals surface area contributed by atoms with E-state index < -0.39 is 0 Å². The van der Waals surface area contributed by atoms with Crippen molar-refractivity contribution in [2.45, 2.75) is 31.6 Å². The van der Waals surface area contributed by atoms with Crippen molar-refractivity contribution in [1.82, 2.24) is 25.4 Å². The van der Waals surface area contributed by atoms with Crippen molar-refractivity contribution in [2.75, 3.05) is 13.1 Å². The van der Waals surface area contributed by atoms with Crippen LogP contribution in [0.1, 0.15) is 32.1 Å². The average Bonchev–Trinajstić information content (AvgIpc) is 2.99. The first-order valence-electron chi connectivity index (χ1n) is 6.65. The van der Waals surface area contributed by atoms with E-state index in [2.05, 4.69) is 32.3 Å². The second-order valence-electron chi connectivity index (χ2n) is 4.93. The lowest BCUT2D eigenvalue weighted by Crippen LogP contribution is -2.43. The average molecular weight is 259 g/mol. The molecule has 0 spiro atoms. The maximum Gasteiger partial charge on any atom is 0.234 e. The Balaban J connectivity index is 1.92. The minimum Gasteiger partial charge on any atom is -0.338 e. The summed E-state index contributed by atoms with van der Waals surface area (Å²) in [5, 5.41) is 7.46. The molecule has 1 atom stereocenters. The Bertz CT molecular complexity index is 533. The zero-order valence-electron chi connectivity index (χ0n) is 11.0. The van der Waals surface area contributed by atoms with E-state index in [1.165, 1.54) is 0 Å². The van der Waals surface area contributed by atoms with Gasteiger partial charge >= 0.3 is 0 Å². The van der Waals surface area contributed by atoms with Gasteiger partial charge in [-0.3, -0.25) is 4.98 Å². The van der Waals surface area contributed by atoms with Crippen LogP contribution in [0.25, 0.3) is 11.5 Å². The maximum atomic E-state index is 5.48. The maximum absolute atomic E-state index is 5.48. The van der Waals surface area contributed by atoms with Crippen molar-refractivity contribution in [1.29, 1.82) is 0 Å². The molecule has 0 aromatic carbocycles. The molecule has 1 aliphatic rings. The number of hydrogen-bond donors (Lipinski definition) is 1. The van der Waals surface area contributed by atoms with Gasteiger partial charge in [0.05, 0.1) is 11.6 Å². The predicted octanol–water partition coefficient (Wildman–Crippen LogP) is 1.56. The largest absolute Gasteiger partial charge is 0.338 e. The molecule has 1 saturated heterocycles. The van der Waals surface area contributed by atoms with Gasteiger partial charge in [0.15, 0.2) is 0 Å². The summed E-state index contributed by atoms with van der Waals surface area (Å²) >= 11 is 0. The third-order valence-corrected chi connectivity index (χ3v) is 3.82. The van der Waals surface area contributed by atoms with Gasteiger partial charge in [-0.1, -0.05) is 12.1 Å². The van der Waals surface area contributed by atoms with Crippen LogP contribution in [0.4, 0.5) is 0 Å². The highest BCUT2D eigenvalue weighted by Crippen LogP contribution is 2.34. The summed E-state index contributed by atoms with van der Waals surface area (Å²) in [5.41, 5.74) is 0.610. The molecular weight excluding hydrogens is 242 g/mol. The number of nitrogens with zero attached hydrogens (tertiary/aromatic N) is 4. The zero-order valence-corrected chi connectivity index (χ0v) is 11.0. The minimum absolute atomic E-state index is 0.0360. The van der Waals surface area contributed by atoms with Crippen LogP contribution < -0.4 is 5.32 Å². The van der Waals surface area contributed by atoms with Crippen LogP contribution in [0, 0.1) is 0 Å². The first kappa shape index (κ1) is 12.2.